The third-order valence-electron chi connectivity index (χ3n) is 5.56. The minimum absolute atomic E-state index is 0.0410. The molecule has 0 aliphatic carbocycles. The Morgan fingerprint density at radius 1 is 1.00 bits per heavy atom. The van der Waals surface area contributed by atoms with E-state index < -0.39 is 70.7 Å². The van der Waals surface area contributed by atoms with Crippen LogP contribution in [0.25, 0.3) is 0 Å². The van der Waals surface area contributed by atoms with E-state index in [4.69, 9.17) is 0 Å². The Morgan fingerprint density at radius 3 is 2.19 bits per heavy atom. The van der Waals surface area contributed by atoms with Gasteiger partial charge in [0.15, 0.2) is 0 Å². The van der Waals surface area contributed by atoms with Crippen LogP contribution in [0.1, 0.15) is 12.8 Å². The summed E-state index contributed by atoms with van der Waals surface area (Å²) in [5, 5.41) is 1.73. The van der Waals surface area contributed by atoms with Crippen molar-refractivity contribution in [3.05, 3.63) is 48.3 Å². The van der Waals surface area contributed by atoms with E-state index in [0.717, 1.165) is 28.6 Å². The van der Waals surface area contributed by atoms with Gasteiger partial charge >= 0.3 is 18.7 Å². The lowest BCUT2D eigenvalue weighted by molar-refractivity contribution is -0.173. The van der Waals surface area contributed by atoms with Crippen LogP contribution in [-0.2, 0) is 24.7 Å². The van der Waals surface area contributed by atoms with E-state index in [2.05, 4.69) is 4.74 Å². The second kappa shape index (κ2) is 10.9. The first-order valence-electron chi connectivity index (χ1n) is 10.6. The fourth-order valence-corrected chi connectivity index (χ4v) is 7.29. The molecule has 1 aliphatic rings. The van der Waals surface area contributed by atoms with Crippen LogP contribution in [0.3, 0.4) is 0 Å². The van der Waals surface area contributed by atoms with E-state index in [0.29, 0.717) is 6.07 Å². The van der Waals surface area contributed by atoms with Crippen LogP contribution in [0.5, 0.6) is 5.75 Å². The lowest BCUT2D eigenvalue weighted by Crippen LogP contribution is -2.44. The second-order valence-electron chi connectivity index (χ2n) is 7.98. The van der Waals surface area contributed by atoms with Gasteiger partial charge in [0.1, 0.15) is 21.4 Å². The topological polar surface area (TPSA) is 110 Å². The molecule has 3 rings (SSSR count). The highest BCUT2D eigenvalue weighted by Gasteiger charge is 2.39. The molecule has 1 fully saturated rings. The van der Waals surface area contributed by atoms with Crippen molar-refractivity contribution in [2.24, 2.45) is 5.92 Å². The van der Waals surface area contributed by atoms with Gasteiger partial charge in [0.2, 0.25) is 19.9 Å². The van der Waals surface area contributed by atoms with Crippen LogP contribution in [0.15, 0.2) is 57.2 Å². The van der Waals surface area contributed by atoms with E-state index in [1.807, 2.05) is 0 Å². The first-order valence-corrected chi connectivity index (χ1v) is 13.5. The smallest absolute Gasteiger partial charge is 0.435 e. The molecule has 0 aromatic heterocycles. The summed E-state index contributed by atoms with van der Waals surface area (Å²) in [4.78, 5) is 8.30. The number of ether oxygens (including phenoxy) is 1. The highest BCUT2D eigenvalue weighted by atomic mass is 32.2. The Bertz CT molecular complexity index is 1360. The molecule has 1 aliphatic heterocycles. The van der Waals surface area contributed by atoms with E-state index in [1.54, 1.807) is 5.32 Å². The summed E-state index contributed by atoms with van der Waals surface area (Å²) in [6, 6.07) is 6.20. The lowest BCUT2D eigenvalue weighted by Gasteiger charge is -2.31. The van der Waals surface area contributed by atoms with Crippen LogP contribution >= 0.6 is 0 Å². The van der Waals surface area contributed by atoms with Crippen LogP contribution in [0.2, 0.25) is 0 Å². The van der Waals surface area contributed by atoms with Gasteiger partial charge in [-0.1, -0.05) is 12.1 Å². The van der Waals surface area contributed by atoms with Gasteiger partial charge in [-0.05, 0) is 43.0 Å². The highest BCUT2D eigenvalue weighted by molar-refractivity contribution is 7.93. The van der Waals surface area contributed by atoms with Gasteiger partial charge in [0.25, 0.3) is 0 Å². The number of sulfonamides is 1. The molecule has 1 saturated heterocycles. The summed E-state index contributed by atoms with van der Waals surface area (Å²) in [5.74, 6) is -4.49. The van der Waals surface area contributed by atoms with Gasteiger partial charge in [0, 0.05) is 25.7 Å². The van der Waals surface area contributed by atoms with E-state index in [9.17, 15) is 48.0 Å². The number of nitrogens with zero attached hydrogens (tertiary/aromatic N) is 1. The van der Waals surface area contributed by atoms with Gasteiger partial charge < -0.3 is 10.1 Å². The summed E-state index contributed by atoms with van der Waals surface area (Å²) in [7, 11) is -9.48. The second-order valence-corrected chi connectivity index (χ2v) is 11.8. The molecular weight excluding hydrogens is 554 g/mol. The van der Waals surface area contributed by atoms with Gasteiger partial charge in [-0.2, -0.15) is 26.3 Å². The fourth-order valence-electron chi connectivity index (χ4n) is 3.70. The summed E-state index contributed by atoms with van der Waals surface area (Å²) in [6.45, 7) is -4.17. The molecule has 8 nitrogen and oxygen atoms in total. The predicted octanol–water partition coefficient (Wildman–Crippen LogP) is 3.34. The number of benzene rings is 2. The van der Waals surface area contributed by atoms with Crippen molar-refractivity contribution in [3.8, 4) is 5.75 Å². The Labute approximate surface area is 208 Å². The van der Waals surface area contributed by atoms with E-state index >= 15 is 0 Å². The third kappa shape index (κ3) is 6.54. The molecule has 1 amide bonds. The van der Waals surface area contributed by atoms with Crippen molar-refractivity contribution in [1.29, 1.82) is 0 Å². The summed E-state index contributed by atoms with van der Waals surface area (Å²) >= 11 is 0. The lowest BCUT2D eigenvalue weighted by atomic mass is 9.98. The number of amides is 1. The number of hydrogen-bond acceptors (Lipinski definition) is 6. The number of nitrogens with one attached hydrogen (secondary N) is 1. The van der Waals surface area contributed by atoms with Crippen LogP contribution in [0.4, 0.5) is 26.3 Å². The van der Waals surface area contributed by atoms with Crippen molar-refractivity contribution in [1.82, 2.24) is 9.62 Å². The van der Waals surface area contributed by atoms with Crippen LogP contribution < -0.4 is 10.1 Å². The summed E-state index contributed by atoms with van der Waals surface area (Å²) in [6.07, 6.45) is -4.98. The number of carbonyl (C=O) groups excluding carboxylic acids is 1. The zero-order valence-electron chi connectivity index (χ0n) is 18.7. The molecule has 0 atom stereocenters. The van der Waals surface area contributed by atoms with Gasteiger partial charge in [0.05, 0.1) is 4.90 Å². The maximum absolute atomic E-state index is 14.3. The SMILES string of the molecule is O=C(NCC1CCN(S(=O)(=O)c2ccc(OC(F)F)cc2S(=O)(=O)c2ccccc2F)CC1)C(F)(F)F. The van der Waals surface area contributed by atoms with Crippen LogP contribution in [-0.4, -0.2) is 59.5 Å². The largest absolute Gasteiger partial charge is 0.471 e. The molecule has 0 spiro atoms. The first-order chi connectivity index (χ1) is 17.1. The Kier molecular flexibility index (Phi) is 8.44. The molecule has 37 heavy (non-hydrogen) atoms. The van der Waals surface area contributed by atoms with E-state index in [-0.39, 0.29) is 32.5 Å². The van der Waals surface area contributed by atoms with Crippen molar-refractivity contribution in [3.63, 3.8) is 0 Å². The number of hydrogen-bond donors (Lipinski definition) is 1. The molecule has 204 valence electrons. The quantitative estimate of drug-likeness (QED) is 0.485. The number of sulfone groups is 1. The average molecular weight is 575 g/mol. The maximum Gasteiger partial charge on any atom is 0.471 e. The van der Waals surface area contributed by atoms with Gasteiger partial charge in [-0.15, -0.1) is 0 Å². The van der Waals surface area contributed by atoms with Gasteiger partial charge in [-0.3, -0.25) is 4.79 Å². The Balaban J connectivity index is 1.91. The fraction of sp³-hybridized carbons (Fsp3) is 0.381. The average Bonchev–Trinajstić information content (AvgIpc) is 2.81. The normalized spacial score (nSPS) is 16.1. The molecule has 0 radical (unpaired) electrons. The van der Waals surface area contributed by atoms with Gasteiger partial charge in [-0.25, -0.2) is 21.2 Å². The summed E-state index contributed by atoms with van der Waals surface area (Å²) < 4.78 is 135. The zero-order valence-corrected chi connectivity index (χ0v) is 20.3. The predicted molar refractivity (Wildman–Crippen MR) is 115 cm³/mol. The molecule has 0 saturated carbocycles. The number of alkyl halides is 5. The monoisotopic (exact) mass is 574 g/mol. The Morgan fingerprint density at radius 2 is 1.62 bits per heavy atom. The zero-order chi connectivity index (χ0) is 27.6. The van der Waals surface area contributed by atoms with Crippen molar-refractivity contribution < 1.29 is 52.7 Å². The molecule has 2 aromatic rings. The number of carbonyl (C=O) groups is 1. The maximum atomic E-state index is 14.3. The van der Waals surface area contributed by atoms with E-state index in [1.165, 1.54) is 12.1 Å². The Hall–Kier alpha value is -2.85. The third-order valence-corrected chi connectivity index (χ3v) is 9.47. The molecule has 2 aromatic carbocycles. The standard InChI is InChI=1S/C21H20F6N2O6S2/c22-15-3-1-2-4-16(15)36(31,32)18-11-14(35-20(23)24)5-6-17(18)37(33,34)29-9-7-13(8-10-29)12-28-19(30)21(25,26)27/h1-6,11,13,20H,7-10,12H2,(H,28,30). The molecular formula is C21H20F6N2O6S2. The minimum atomic E-state index is -5.07. The number of rotatable bonds is 8. The molecule has 1 N–H and O–H groups in total. The minimum Gasteiger partial charge on any atom is -0.435 e. The first kappa shape index (κ1) is 28.7. The molecule has 0 bridgehead atoms. The summed E-state index contributed by atoms with van der Waals surface area (Å²) in [5.41, 5.74) is 0. The molecule has 1 heterocycles. The molecule has 16 heteroatoms. The van der Waals surface area contributed by atoms with Crippen LogP contribution in [0, 0.1) is 11.7 Å². The number of piperidine rings is 1. The van der Waals surface area contributed by atoms with Crippen molar-refractivity contribution in [2.75, 3.05) is 19.6 Å². The van der Waals surface area contributed by atoms with Crippen molar-refractivity contribution in [2.45, 2.75) is 40.3 Å². The highest BCUT2D eigenvalue weighted by Crippen LogP contribution is 2.35. The molecule has 0 unspecified atom stereocenters. The van der Waals surface area contributed by atoms with Crippen molar-refractivity contribution >= 4 is 25.8 Å². The number of halogens is 6.